The molecule has 4 heteroatoms. The molecule has 94 valence electrons. The summed E-state index contributed by atoms with van der Waals surface area (Å²) in [6, 6.07) is 7.68. The zero-order valence-corrected chi connectivity index (χ0v) is 12.0. The number of carbonyl (C=O) groups is 1. The average molecular weight is 272 g/mol. The highest BCUT2D eigenvalue weighted by atomic mass is 35.5. The SMILES string of the molecule is CC(C)(C)NC(=O)CCSc1ccccc1Cl. The molecule has 1 aromatic rings. The van der Waals surface area contributed by atoms with Crippen LogP contribution < -0.4 is 5.32 Å². The van der Waals surface area contributed by atoms with Crippen LogP contribution in [0.4, 0.5) is 0 Å². The van der Waals surface area contributed by atoms with Crippen LogP contribution in [-0.4, -0.2) is 17.2 Å². The number of rotatable bonds is 4. The first-order valence-electron chi connectivity index (χ1n) is 5.57. The van der Waals surface area contributed by atoms with Gasteiger partial charge in [0.05, 0.1) is 5.02 Å². The third-order valence-electron chi connectivity index (χ3n) is 1.94. The smallest absolute Gasteiger partial charge is 0.221 e. The summed E-state index contributed by atoms with van der Waals surface area (Å²) in [5, 5.41) is 3.68. The third kappa shape index (κ3) is 5.99. The van der Waals surface area contributed by atoms with Crippen molar-refractivity contribution < 1.29 is 4.79 Å². The molecular formula is C13H18ClNOS. The van der Waals surface area contributed by atoms with Crippen LogP contribution in [0, 0.1) is 0 Å². The summed E-state index contributed by atoms with van der Waals surface area (Å²) in [5.41, 5.74) is -0.161. The monoisotopic (exact) mass is 271 g/mol. The molecule has 0 fully saturated rings. The van der Waals surface area contributed by atoms with Crippen molar-refractivity contribution in [3.05, 3.63) is 29.3 Å². The quantitative estimate of drug-likeness (QED) is 0.846. The number of amides is 1. The van der Waals surface area contributed by atoms with E-state index in [0.717, 1.165) is 15.7 Å². The van der Waals surface area contributed by atoms with E-state index in [4.69, 9.17) is 11.6 Å². The predicted molar refractivity (Wildman–Crippen MR) is 74.7 cm³/mol. The molecule has 0 aromatic heterocycles. The van der Waals surface area contributed by atoms with Crippen LogP contribution in [-0.2, 0) is 4.79 Å². The minimum absolute atomic E-state index is 0.0806. The maximum absolute atomic E-state index is 11.6. The summed E-state index contributed by atoms with van der Waals surface area (Å²) in [6.07, 6.45) is 0.507. The van der Waals surface area contributed by atoms with Crippen LogP contribution in [0.1, 0.15) is 27.2 Å². The highest BCUT2D eigenvalue weighted by molar-refractivity contribution is 7.99. The Morgan fingerprint density at radius 3 is 2.59 bits per heavy atom. The maximum Gasteiger partial charge on any atom is 0.221 e. The van der Waals surface area contributed by atoms with Crippen molar-refractivity contribution in [1.82, 2.24) is 5.32 Å². The fourth-order valence-electron chi connectivity index (χ4n) is 1.30. The molecule has 2 nitrogen and oxygen atoms in total. The van der Waals surface area contributed by atoms with Crippen molar-refractivity contribution in [2.24, 2.45) is 0 Å². The molecule has 0 aliphatic rings. The molecule has 1 amide bonds. The van der Waals surface area contributed by atoms with Gasteiger partial charge in [0.25, 0.3) is 0 Å². The van der Waals surface area contributed by atoms with Crippen molar-refractivity contribution in [2.75, 3.05) is 5.75 Å². The molecule has 0 saturated heterocycles. The fourth-order valence-corrected chi connectivity index (χ4v) is 2.48. The van der Waals surface area contributed by atoms with Crippen molar-refractivity contribution in [3.63, 3.8) is 0 Å². The van der Waals surface area contributed by atoms with Crippen molar-refractivity contribution >= 4 is 29.3 Å². The van der Waals surface area contributed by atoms with Crippen LogP contribution in [0.25, 0.3) is 0 Å². The van der Waals surface area contributed by atoms with Crippen LogP contribution in [0.5, 0.6) is 0 Å². The first-order chi connectivity index (χ1) is 7.88. The molecular weight excluding hydrogens is 254 g/mol. The van der Waals surface area contributed by atoms with Gasteiger partial charge in [-0.3, -0.25) is 4.79 Å². The van der Waals surface area contributed by atoms with E-state index in [-0.39, 0.29) is 11.4 Å². The van der Waals surface area contributed by atoms with Gasteiger partial charge >= 0.3 is 0 Å². The lowest BCUT2D eigenvalue weighted by molar-refractivity contribution is -0.122. The largest absolute Gasteiger partial charge is 0.351 e. The molecule has 0 atom stereocenters. The van der Waals surface area contributed by atoms with Gasteiger partial charge in [0.2, 0.25) is 5.91 Å². The molecule has 0 aliphatic heterocycles. The number of nitrogens with one attached hydrogen (secondary N) is 1. The summed E-state index contributed by atoms with van der Waals surface area (Å²) in [6.45, 7) is 5.93. The highest BCUT2D eigenvalue weighted by Crippen LogP contribution is 2.26. The lowest BCUT2D eigenvalue weighted by Gasteiger charge is -2.20. The number of thioether (sulfide) groups is 1. The second-order valence-electron chi connectivity index (χ2n) is 4.83. The van der Waals surface area contributed by atoms with E-state index < -0.39 is 0 Å². The number of hydrogen-bond acceptors (Lipinski definition) is 2. The topological polar surface area (TPSA) is 29.1 Å². The molecule has 1 N–H and O–H groups in total. The van der Waals surface area contributed by atoms with E-state index in [1.807, 2.05) is 45.0 Å². The van der Waals surface area contributed by atoms with Gasteiger partial charge in [0.1, 0.15) is 0 Å². The predicted octanol–water partition coefficient (Wildman–Crippen LogP) is 3.74. The Morgan fingerprint density at radius 1 is 1.35 bits per heavy atom. The number of halogens is 1. The van der Waals surface area contributed by atoms with Crippen molar-refractivity contribution in [3.8, 4) is 0 Å². The standard InChI is InChI=1S/C13H18ClNOS/c1-13(2,3)15-12(16)8-9-17-11-7-5-4-6-10(11)14/h4-7H,8-9H2,1-3H3,(H,15,16). The molecule has 0 heterocycles. The Bertz CT molecular complexity index is 387. The lowest BCUT2D eigenvalue weighted by atomic mass is 10.1. The maximum atomic E-state index is 11.6. The molecule has 0 spiro atoms. The van der Waals surface area contributed by atoms with Gasteiger partial charge in [-0.1, -0.05) is 23.7 Å². The second-order valence-corrected chi connectivity index (χ2v) is 6.37. The van der Waals surface area contributed by atoms with Crippen LogP contribution in [0.3, 0.4) is 0 Å². The van der Waals surface area contributed by atoms with Gasteiger partial charge < -0.3 is 5.32 Å². The summed E-state index contributed by atoms with van der Waals surface area (Å²) >= 11 is 7.63. The van der Waals surface area contributed by atoms with Gasteiger partial charge in [0.15, 0.2) is 0 Å². The van der Waals surface area contributed by atoms with E-state index in [0.29, 0.717) is 6.42 Å². The Labute approximate surface area is 112 Å². The molecule has 0 bridgehead atoms. The summed E-state index contributed by atoms with van der Waals surface area (Å²) in [7, 11) is 0. The summed E-state index contributed by atoms with van der Waals surface area (Å²) in [4.78, 5) is 12.6. The molecule has 0 aliphatic carbocycles. The third-order valence-corrected chi connectivity index (χ3v) is 3.45. The molecule has 1 rings (SSSR count). The van der Waals surface area contributed by atoms with E-state index in [1.165, 1.54) is 0 Å². The number of benzene rings is 1. The van der Waals surface area contributed by atoms with Crippen molar-refractivity contribution in [2.45, 2.75) is 37.6 Å². The molecule has 0 unspecified atom stereocenters. The Hall–Kier alpha value is -0.670. The van der Waals surface area contributed by atoms with Gasteiger partial charge in [-0.15, -0.1) is 11.8 Å². The normalized spacial score (nSPS) is 11.3. The van der Waals surface area contributed by atoms with E-state index in [2.05, 4.69) is 5.32 Å². The number of carbonyl (C=O) groups excluding carboxylic acids is 1. The van der Waals surface area contributed by atoms with Crippen molar-refractivity contribution in [1.29, 1.82) is 0 Å². The van der Waals surface area contributed by atoms with E-state index >= 15 is 0 Å². The van der Waals surface area contributed by atoms with Gasteiger partial charge in [-0.05, 0) is 32.9 Å². The first-order valence-corrected chi connectivity index (χ1v) is 6.93. The van der Waals surface area contributed by atoms with E-state index in [9.17, 15) is 4.79 Å². The zero-order valence-electron chi connectivity index (χ0n) is 10.4. The van der Waals surface area contributed by atoms with Crippen LogP contribution >= 0.6 is 23.4 Å². The lowest BCUT2D eigenvalue weighted by Crippen LogP contribution is -2.40. The fraction of sp³-hybridized carbons (Fsp3) is 0.462. The first kappa shape index (κ1) is 14.4. The second kappa shape index (κ2) is 6.31. The molecule has 17 heavy (non-hydrogen) atoms. The summed E-state index contributed by atoms with van der Waals surface area (Å²) < 4.78 is 0. The van der Waals surface area contributed by atoms with Crippen LogP contribution in [0.15, 0.2) is 29.2 Å². The Morgan fingerprint density at radius 2 is 2.00 bits per heavy atom. The van der Waals surface area contributed by atoms with Gasteiger partial charge in [-0.25, -0.2) is 0 Å². The zero-order chi connectivity index (χ0) is 12.9. The van der Waals surface area contributed by atoms with E-state index in [1.54, 1.807) is 11.8 Å². The molecule has 0 radical (unpaired) electrons. The summed E-state index contributed by atoms with van der Waals surface area (Å²) in [5.74, 6) is 0.822. The molecule has 0 saturated carbocycles. The van der Waals surface area contributed by atoms with Crippen LogP contribution in [0.2, 0.25) is 5.02 Å². The highest BCUT2D eigenvalue weighted by Gasteiger charge is 2.13. The Balaban J connectivity index is 2.34. The minimum atomic E-state index is -0.161. The van der Waals surface area contributed by atoms with Gasteiger partial charge in [0, 0.05) is 22.6 Å². The average Bonchev–Trinajstić information content (AvgIpc) is 2.18. The van der Waals surface area contributed by atoms with Gasteiger partial charge in [-0.2, -0.15) is 0 Å². The molecule has 1 aromatic carbocycles. The Kier molecular flexibility index (Phi) is 5.34. The number of hydrogen-bond donors (Lipinski definition) is 1. The minimum Gasteiger partial charge on any atom is -0.351 e.